The maximum Gasteiger partial charge on any atom is 0.239 e. The number of sulfone groups is 1. The lowest BCUT2D eigenvalue weighted by Gasteiger charge is -2.07. The Balaban J connectivity index is 0.00000338. The average molecular weight is 402 g/mol. The minimum atomic E-state index is -3.37. The van der Waals surface area contributed by atoms with Gasteiger partial charge >= 0.3 is 0 Å². The molecule has 0 spiro atoms. The summed E-state index contributed by atoms with van der Waals surface area (Å²) in [5, 5.41) is 9.37. The van der Waals surface area contributed by atoms with Gasteiger partial charge in [-0.1, -0.05) is 19.8 Å². The van der Waals surface area contributed by atoms with E-state index in [1.807, 2.05) is 6.92 Å². The van der Waals surface area contributed by atoms with Crippen LogP contribution in [0, 0.1) is 0 Å². The minimum absolute atomic E-state index is 0. The number of hydrogen-bond donors (Lipinski definition) is 3. The van der Waals surface area contributed by atoms with Gasteiger partial charge in [0.2, 0.25) is 5.91 Å². The van der Waals surface area contributed by atoms with Crippen molar-refractivity contribution in [2.75, 3.05) is 16.8 Å². The molecule has 0 atom stereocenters. The molecule has 144 valence electrons. The lowest BCUT2D eigenvalue weighted by molar-refractivity contribution is -0.113. The SMILES string of the molecule is CCCCCS(=O)(=O)CC(=O)Nc1ccc(-c2n[nH]c(CN)n2)cc1.Cl. The van der Waals surface area contributed by atoms with Crippen molar-refractivity contribution < 1.29 is 13.2 Å². The Morgan fingerprint density at radius 2 is 1.92 bits per heavy atom. The summed E-state index contributed by atoms with van der Waals surface area (Å²) < 4.78 is 23.8. The Morgan fingerprint density at radius 1 is 1.23 bits per heavy atom. The van der Waals surface area contributed by atoms with Crippen LogP contribution < -0.4 is 11.1 Å². The smallest absolute Gasteiger partial charge is 0.239 e. The van der Waals surface area contributed by atoms with E-state index in [2.05, 4.69) is 20.5 Å². The van der Waals surface area contributed by atoms with Crippen LogP contribution in [0.5, 0.6) is 0 Å². The van der Waals surface area contributed by atoms with Gasteiger partial charge in [0.15, 0.2) is 15.7 Å². The molecule has 0 fully saturated rings. The molecular formula is C16H24ClN5O3S. The number of hydrogen-bond acceptors (Lipinski definition) is 6. The van der Waals surface area contributed by atoms with E-state index < -0.39 is 21.5 Å². The zero-order chi connectivity index (χ0) is 18.3. The van der Waals surface area contributed by atoms with E-state index in [9.17, 15) is 13.2 Å². The van der Waals surface area contributed by atoms with Gasteiger partial charge in [-0.3, -0.25) is 9.89 Å². The summed E-state index contributed by atoms with van der Waals surface area (Å²) in [7, 11) is -3.37. The molecule has 8 nitrogen and oxygen atoms in total. The highest BCUT2D eigenvalue weighted by Gasteiger charge is 2.16. The lowest BCUT2D eigenvalue weighted by atomic mass is 10.2. The van der Waals surface area contributed by atoms with Gasteiger partial charge in [0.1, 0.15) is 11.6 Å². The number of nitrogens with two attached hydrogens (primary N) is 1. The van der Waals surface area contributed by atoms with Gasteiger partial charge in [-0.25, -0.2) is 13.4 Å². The number of anilines is 1. The molecule has 4 N–H and O–H groups in total. The summed E-state index contributed by atoms with van der Waals surface area (Å²) in [6, 6.07) is 6.84. The Morgan fingerprint density at radius 3 is 2.50 bits per heavy atom. The number of carbonyl (C=O) groups is 1. The number of aromatic nitrogens is 3. The molecule has 0 radical (unpaired) electrons. The Bertz CT molecular complexity index is 806. The number of aromatic amines is 1. The van der Waals surface area contributed by atoms with E-state index in [1.165, 1.54) is 0 Å². The van der Waals surface area contributed by atoms with Crippen molar-refractivity contribution in [1.82, 2.24) is 15.2 Å². The number of benzene rings is 1. The Hall–Kier alpha value is -1.97. The molecule has 0 unspecified atom stereocenters. The topological polar surface area (TPSA) is 131 Å². The van der Waals surface area contributed by atoms with Crippen molar-refractivity contribution in [2.45, 2.75) is 32.7 Å². The van der Waals surface area contributed by atoms with Gasteiger partial charge in [-0.15, -0.1) is 12.4 Å². The second-order valence-corrected chi connectivity index (χ2v) is 7.92. The number of carbonyl (C=O) groups excluding carboxylic acids is 1. The molecule has 0 saturated carbocycles. The molecular weight excluding hydrogens is 378 g/mol. The van der Waals surface area contributed by atoms with Crippen LogP contribution >= 0.6 is 12.4 Å². The van der Waals surface area contributed by atoms with E-state index in [-0.39, 0.29) is 24.7 Å². The molecule has 2 rings (SSSR count). The van der Waals surface area contributed by atoms with E-state index in [1.54, 1.807) is 24.3 Å². The van der Waals surface area contributed by atoms with Crippen molar-refractivity contribution in [3.63, 3.8) is 0 Å². The molecule has 1 amide bonds. The number of amides is 1. The van der Waals surface area contributed by atoms with Crippen molar-refractivity contribution in [3.05, 3.63) is 30.1 Å². The standard InChI is InChI=1S/C16H23N5O3S.ClH/c1-2-3-4-9-25(23,24)11-15(22)18-13-7-5-12(6-8-13)16-19-14(10-17)20-21-16;/h5-8H,2-4,9-11,17H2,1H3,(H,18,22)(H,19,20,21);1H. The van der Waals surface area contributed by atoms with Gasteiger partial charge in [-0.2, -0.15) is 5.10 Å². The maximum atomic E-state index is 11.9. The van der Waals surface area contributed by atoms with Gasteiger partial charge in [0.25, 0.3) is 0 Å². The molecule has 2 aromatic rings. The molecule has 1 heterocycles. The summed E-state index contributed by atoms with van der Waals surface area (Å²) in [5.74, 6) is 0.103. The Labute approximate surface area is 159 Å². The second-order valence-electron chi connectivity index (χ2n) is 5.73. The molecule has 0 aliphatic carbocycles. The van der Waals surface area contributed by atoms with Crippen molar-refractivity contribution >= 4 is 33.8 Å². The van der Waals surface area contributed by atoms with Crippen LogP contribution in [0.1, 0.15) is 32.0 Å². The van der Waals surface area contributed by atoms with Crippen LogP contribution in [-0.4, -0.2) is 41.0 Å². The summed E-state index contributed by atoms with van der Waals surface area (Å²) in [5.41, 5.74) is 6.76. The lowest BCUT2D eigenvalue weighted by Crippen LogP contribution is -2.24. The predicted molar refractivity (Wildman–Crippen MR) is 104 cm³/mol. The third-order valence-electron chi connectivity index (χ3n) is 3.56. The van der Waals surface area contributed by atoms with E-state index in [0.29, 0.717) is 23.8 Å². The van der Waals surface area contributed by atoms with Gasteiger partial charge in [-0.05, 0) is 30.7 Å². The van der Waals surface area contributed by atoms with E-state index in [4.69, 9.17) is 5.73 Å². The number of halogens is 1. The Kier molecular flexibility index (Phi) is 8.70. The van der Waals surface area contributed by atoms with Gasteiger partial charge < -0.3 is 11.1 Å². The molecule has 1 aromatic heterocycles. The predicted octanol–water partition coefficient (Wildman–Crippen LogP) is 1.90. The second kappa shape index (κ2) is 10.2. The van der Waals surface area contributed by atoms with Crippen LogP contribution in [-0.2, 0) is 21.2 Å². The van der Waals surface area contributed by atoms with Crippen LogP contribution in [0.25, 0.3) is 11.4 Å². The van der Waals surface area contributed by atoms with Crippen LogP contribution in [0.15, 0.2) is 24.3 Å². The number of rotatable bonds is 9. The van der Waals surface area contributed by atoms with Crippen molar-refractivity contribution in [2.24, 2.45) is 5.73 Å². The number of unbranched alkanes of at least 4 members (excludes halogenated alkanes) is 2. The minimum Gasteiger partial charge on any atom is -0.325 e. The number of H-pyrrole nitrogens is 1. The molecule has 0 aliphatic heterocycles. The highest BCUT2D eigenvalue weighted by atomic mass is 35.5. The summed E-state index contributed by atoms with van der Waals surface area (Å²) in [6.07, 6.45) is 2.36. The van der Waals surface area contributed by atoms with Crippen molar-refractivity contribution in [3.8, 4) is 11.4 Å². The monoisotopic (exact) mass is 401 g/mol. The largest absolute Gasteiger partial charge is 0.325 e. The summed E-state index contributed by atoms with van der Waals surface area (Å²) in [4.78, 5) is 16.1. The first kappa shape index (κ1) is 22.1. The quantitative estimate of drug-likeness (QED) is 0.550. The van der Waals surface area contributed by atoms with Crippen molar-refractivity contribution in [1.29, 1.82) is 0 Å². The third kappa shape index (κ3) is 6.74. The molecule has 1 aromatic carbocycles. The first-order valence-electron chi connectivity index (χ1n) is 8.15. The third-order valence-corrected chi connectivity index (χ3v) is 5.17. The average Bonchev–Trinajstić information content (AvgIpc) is 3.04. The normalized spacial score (nSPS) is 11.0. The molecule has 0 aliphatic rings. The zero-order valence-corrected chi connectivity index (χ0v) is 16.2. The highest BCUT2D eigenvalue weighted by molar-refractivity contribution is 7.92. The van der Waals surface area contributed by atoms with Crippen LogP contribution in [0.3, 0.4) is 0 Å². The van der Waals surface area contributed by atoms with Crippen LogP contribution in [0.2, 0.25) is 0 Å². The zero-order valence-electron chi connectivity index (χ0n) is 14.6. The first-order chi connectivity index (χ1) is 11.9. The fourth-order valence-corrected chi connectivity index (χ4v) is 3.52. The van der Waals surface area contributed by atoms with Gasteiger partial charge in [0, 0.05) is 11.3 Å². The van der Waals surface area contributed by atoms with E-state index >= 15 is 0 Å². The summed E-state index contributed by atoms with van der Waals surface area (Å²) in [6.45, 7) is 2.27. The molecule has 26 heavy (non-hydrogen) atoms. The van der Waals surface area contributed by atoms with E-state index in [0.717, 1.165) is 18.4 Å². The number of nitrogens with one attached hydrogen (secondary N) is 2. The maximum absolute atomic E-state index is 11.9. The van der Waals surface area contributed by atoms with Crippen LogP contribution in [0.4, 0.5) is 5.69 Å². The highest BCUT2D eigenvalue weighted by Crippen LogP contribution is 2.18. The molecule has 10 heteroatoms. The fraction of sp³-hybridized carbons (Fsp3) is 0.438. The first-order valence-corrected chi connectivity index (χ1v) is 9.97. The molecule has 0 saturated heterocycles. The fourth-order valence-electron chi connectivity index (χ4n) is 2.26. The van der Waals surface area contributed by atoms with Gasteiger partial charge in [0.05, 0.1) is 12.3 Å². The number of nitrogens with zero attached hydrogens (tertiary/aromatic N) is 2. The summed E-state index contributed by atoms with van der Waals surface area (Å²) >= 11 is 0. The molecule has 0 bridgehead atoms.